The zero-order valence-corrected chi connectivity index (χ0v) is 33.8. The first-order valence-electron chi connectivity index (χ1n) is 20.7. The third-order valence-electron chi connectivity index (χ3n) is 13.1. The van der Waals surface area contributed by atoms with Gasteiger partial charge in [0.1, 0.15) is 17.6 Å². The molecule has 2 aromatic carbocycles. The molecule has 5 aliphatic heterocycles. The summed E-state index contributed by atoms with van der Waals surface area (Å²) in [6.45, 7) is 13.1. The lowest BCUT2D eigenvalue weighted by molar-refractivity contribution is -0.136. The lowest BCUT2D eigenvalue weighted by Crippen LogP contribution is -2.58. The van der Waals surface area contributed by atoms with E-state index in [1.807, 2.05) is 11.0 Å². The lowest BCUT2D eigenvalue weighted by Gasteiger charge is -2.48. The van der Waals surface area contributed by atoms with E-state index in [4.69, 9.17) is 22.9 Å². The molecule has 1 spiro atoms. The van der Waals surface area contributed by atoms with Gasteiger partial charge in [-0.15, -0.1) is 10.2 Å². The molecule has 60 heavy (non-hydrogen) atoms. The molecule has 15 nitrogen and oxygen atoms in total. The van der Waals surface area contributed by atoms with Crippen molar-refractivity contribution in [2.45, 2.75) is 76.0 Å². The Labute approximate surface area is 351 Å². The van der Waals surface area contributed by atoms with Crippen LogP contribution in [0.3, 0.4) is 0 Å². The van der Waals surface area contributed by atoms with Crippen LogP contribution < -0.4 is 25.2 Å². The maximum Gasteiger partial charge on any atom is 0.272 e. The van der Waals surface area contributed by atoms with Crippen molar-refractivity contribution in [2.75, 3.05) is 55.6 Å². The van der Waals surface area contributed by atoms with Crippen LogP contribution in [0.1, 0.15) is 89.0 Å². The molecule has 2 N–H and O–H groups in total. The van der Waals surface area contributed by atoms with Crippen LogP contribution in [0, 0.1) is 23.7 Å². The Morgan fingerprint density at radius 2 is 1.67 bits per heavy atom. The lowest BCUT2D eigenvalue weighted by atomic mass is 9.79. The van der Waals surface area contributed by atoms with E-state index >= 15 is 4.39 Å². The average Bonchev–Trinajstić information content (AvgIpc) is 3.76. The van der Waals surface area contributed by atoms with Gasteiger partial charge in [-0.3, -0.25) is 34.2 Å². The predicted molar refractivity (Wildman–Crippen MR) is 218 cm³/mol. The fourth-order valence-electron chi connectivity index (χ4n) is 9.85. The first-order chi connectivity index (χ1) is 29.0. The second kappa shape index (κ2) is 16.1. The molecule has 9 rings (SSSR count). The monoisotopic (exact) mass is 837 g/mol. The molecule has 1 saturated carbocycles. The largest absolute Gasteiger partial charge is 0.490 e. The van der Waals surface area contributed by atoms with Gasteiger partial charge in [-0.05, 0) is 100 Å². The van der Waals surface area contributed by atoms with Gasteiger partial charge in [0.05, 0.1) is 34.5 Å². The Balaban J connectivity index is 0.707. The minimum absolute atomic E-state index is 0.0154. The summed E-state index contributed by atoms with van der Waals surface area (Å²) < 4.78 is 21.6. The molecule has 4 saturated heterocycles. The Morgan fingerprint density at radius 3 is 2.35 bits per heavy atom. The van der Waals surface area contributed by atoms with Crippen LogP contribution in [0.2, 0.25) is 5.02 Å². The summed E-state index contributed by atoms with van der Waals surface area (Å²) in [5.41, 5.74) is 1.18. The number of carbonyl (C=O) groups is 5. The molecule has 0 bridgehead atoms. The molecule has 5 amide bonds. The number of hydrogen-bond acceptors (Lipinski definition) is 11. The molecule has 1 unspecified atom stereocenters. The molecule has 6 heterocycles. The molecule has 5 fully saturated rings. The van der Waals surface area contributed by atoms with Crippen molar-refractivity contribution in [1.82, 2.24) is 30.6 Å². The van der Waals surface area contributed by atoms with Gasteiger partial charge in [-0.2, -0.15) is 0 Å². The number of carbonyl (C=O) groups excluding carboxylic acids is 5. The van der Waals surface area contributed by atoms with Crippen molar-refractivity contribution in [3.8, 4) is 5.75 Å². The van der Waals surface area contributed by atoms with Gasteiger partial charge in [0.15, 0.2) is 11.5 Å². The number of ether oxygens (including phenoxy) is 1. The topological polar surface area (TPSA) is 162 Å². The van der Waals surface area contributed by atoms with Crippen LogP contribution in [0.25, 0.3) is 4.85 Å². The summed E-state index contributed by atoms with van der Waals surface area (Å²) in [6, 6.07) is 10.2. The number of nitrogens with zero attached hydrogens (tertiary/aromatic N) is 7. The van der Waals surface area contributed by atoms with Gasteiger partial charge < -0.3 is 24.8 Å². The van der Waals surface area contributed by atoms with Crippen molar-refractivity contribution in [3.63, 3.8) is 0 Å². The maximum absolute atomic E-state index is 15.5. The molecular formula is C43H45ClFN9O6. The van der Waals surface area contributed by atoms with Gasteiger partial charge in [0.2, 0.25) is 17.5 Å². The Hall–Kier alpha value is -5.66. The first kappa shape index (κ1) is 39.8. The highest BCUT2D eigenvalue weighted by molar-refractivity contribution is 6.33. The van der Waals surface area contributed by atoms with Gasteiger partial charge in [0.25, 0.3) is 17.7 Å². The smallest absolute Gasteiger partial charge is 0.272 e. The second-order valence-electron chi connectivity index (χ2n) is 17.1. The number of aromatic nitrogens is 2. The number of fused-ring (bicyclic) bond motifs is 1. The van der Waals surface area contributed by atoms with Crippen molar-refractivity contribution >= 4 is 58.3 Å². The standard InChI is InChI=1S/C43H45ClFN9O6/c1-46-33-7-6-28(18-31(33)44)60-27-4-2-26(3-5-27)47-39(56)34-8-10-37(50-49-34)53-23-43(24-53)14-17-51(22-43)21-25-12-15-52(16-13-25)36-20-30-29(19-32(36)45)41(58)54(42(30)59)35-9-11-38(55)48-40(35)57/h6-8,10,18-20,25-27,35H,2-5,9,11-17,21-24H2,(H,47,56)(H,48,55,57). The minimum Gasteiger partial charge on any atom is -0.490 e. The average molecular weight is 838 g/mol. The highest BCUT2D eigenvalue weighted by atomic mass is 35.5. The molecule has 0 radical (unpaired) electrons. The fraction of sp³-hybridized carbons (Fsp3) is 0.488. The molecule has 17 heteroatoms. The van der Waals surface area contributed by atoms with Gasteiger partial charge in [-0.1, -0.05) is 17.7 Å². The molecule has 312 valence electrons. The van der Waals surface area contributed by atoms with E-state index in [9.17, 15) is 24.0 Å². The summed E-state index contributed by atoms with van der Waals surface area (Å²) in [5.74, 6) is -1.47. The Morgan fingerprint density at radius 1 is 0.917 bits per heavy atom. The number of piperidine rings is 2. The van der Waals surface area contributed by atoms with E-state index in [2.05, 4.69) is 35.5 Å². The SMILES string of the molecule is [C-]#[N+]c1ccc(OC2CCC(NC(=O)c3ccc(N4CC5(CCN(CC6CCN(c7cc8c(cc7F)C(=O)N(C7CCC(=O)NC7=O)C8=O)CC6)C5)C4)nn3)CC2)cc1Cl. The molecular weight excluding hydrogens is 793 g/mol. The van der Waals surface area contributed by atoms with Crippen LogP contribution >= 0.6 is 11.6 Å². The molecule has 6 aliphatic rings. The van der Waals surface area contributed by atoms with Crippen molar-refractivity contribution in [3.05, 3.63) is 81.5 Å². The summed E-state index contributed by atoms with van der Waals surface area (Å²) in [6.07, 6.45) is 6.03. The number of anilines is 2. The normalized spacial score (nSPS) is 24.3. The minimum atomic E-state index is -1.10. The molecule has 1 aliphatic carbocycles. The fourth-order valence-corrected chi connectivity index (χ4v) is 10.1. The van der Waals surface area contributed by atoms with Gasteiger partial charge in [-0.25, -0.2) is 9.24 Å². The Bertz CT molecular complexity index is 2280. The number of likely N-dealkylation sites (tertiary alicyclic amines) is 1. The number of imide groups is 2. The third kappa shape index (κ3) is 7.76. The van der Waals surface area contributed by atoms with Gasteiger partial charge in [0, 0.05) is 57.1 Å². The highest BCUT2D eigenvalue weighted by Crippen LogP contribution is 2.42. The van der Waals surface area contributed by atoms with Crippen LogP contribution in [0.15, 0.2) is 42.5 Å². The predicted octanol–water partition coefficient (Wildman–Crippen LogP) is 4.77. The summed E-state index contributed by atoms with van der Waals surface area (Å²) in [4.78, 5) is 74.5. The van der Waals surface area contributed by atoms with Crippen LogP contribution in [-0.4, -0.2) is 114 Å². The molecule has 1 atom stereocenters. The zero-order valence-electron chi connectivity index (χ0n) is 33.0. The second-order valence-corrected chi connectivity index (χ2v) is 17.5. The Kier molecular flexibility index (Phi) is 10.7. The molecule has 3 aromatic rings. The number of halogens is 2. The van der Waals surface area contributed by atoms with Crippen LogP contribution in [-0.2, 0) is 9.59 Å². The van der Waals surface area contributed by atoms with E-state index in [0.29, 0.717) is 41.2 Å². The summed E-state index contributed by atoms with van der Waals surface area (Å²) in [5, 5.41) is 14.3. The van der Waals surface area contributed by atoms with E-state index in [-0.39, 0.29) is 53.1 Å². The number of benzene rings is 2. The van der Waals surface area contributed by atoms with E-state index in [1.165, 1.54) is 6.07 Å². The molecule has 1 aromatic heterocycles. The maximum atomic E-state index is 15.5. The van der Waals surface area contributed by atoms with Gasteiger partial charge >= 0.3 is 0 Å². The number of hydrogen-bond donors (Lipinski definition) is 2. The quantitative estimate of drug-likeness (QED) is 0.226. The number of amides is 5. The number of rotatable bonds is 9. The van der Waals surface area contributed by atoms with Crippen molar-refractivity contribution in [2.24, 2.45) is 11.3 Å². The van der Waals surface area contributed by atoms with Crippen molar-refractivity contribution < 1.29 is 33.1 Å². The van der Waals surface area contributed by atoms with E-state index in [0.717, 1.165) is 94.5 Å². The zero-order chi connectivity index (χ0) is 41.7. The van der Waals surface area contributed by atoms with Crippen LogP contribution in [0.4, 0.5) is 21.6 Å². The summed E-state index contributed by atoms with van der Waals surface area (Å²) >= 11 is 6.15. The summed E-state index contributed by atoms with van der Waals surface area (Å²) in [7, 11) is 0. The third-order valence-corrected chi connectivity index (χ3v) is 13.4. The van der Waals surface area contributed by atoms with Crippen molar-refractivity contribution in [1.29, 1.82) is 0 Å². The first-order valence-corrected chi connectivity index (χ1v) is 21.1. The van der Waals surface area contributed by atoms with E-state index in [1.54, 1.807) is 24.3 Å². The highest BCUT2D eigenvalue weighted by Gasteiger charge is 2.49. The van der Waals surface area contributed by atoms with E-state index < -0.39 is 35.5 Å². The number of nitrogens with one attached hydrogen (secondary N) is 2. The van der Waals surface area contributed by atoms with Crippen LogP contribution in [0.5, 0.6) is 5.75 Å².